The van der Waals surface area contributed by atoms with Crippen molar-refractivity contribution in [1.29, 1.82) is 0 Å². The largest absolute Gasteiger partial charge is 0.379 e. The molecule has 0 amide bonds. The molecule has 3 N–H and O–H groups in total. The number of H-pyrrole nitrogens is 1. The summed E-state index contributed by atoms with van der Waals surface area (Å²) in [7, 11) is 0. The van der Waals surface area contributed by atoms with Crippen LogP contribution in [0.2, 0.25) is 0 Å². The second-order valence-electron chi connectivity index (χ2n) is 6.65. The first-order valence-corrected chi connectivity index (χ1v) is 9.73. The van der Waals surface area contributed by atoms with Crippen molar-refractivity contribution in [1.82, 2.24) is 15.6 Å². The number of ether oxygens (including phenoxy) is 2. The summed E-state index contributed by atoms with van der Waals surface area (Å²) in [6.45, 7) is 6.57. The van der Waals surface area contributed by atoms with Crippen LogP contribution in [0.5, 0.6) is 0 Å². The van der Waals surface area contributed by atoms with Gasteiger partial charge in [-0.1, -0.05) is 0 Å². The monoisotopic (exact) mass is 376 g/mol. The van der Waals surface area contributed by atoms with E-state index in [1.165, 1.54) is 17.7 Å². The third-order valence-electron chi connectivity index (χ3n) is 4.57. The van der Waals surface area contributed by atoms with Gasteiger partial charge in [-0.2, -0.15) is 0 Å². The minimum absolute atomic E-state index is 0.222. The number of hydrogen-bond acceptors (Lipinski definition) is 3. The van der Waals surface area contributed by atoms with Crippen LogP contribution < -0.4 is 10.6 Å². The fourth-order valence-electron chi connectivity index (χ4n) is 3.17. The normalized spacial score (nSPS) is 17.6. The van der Waals surface area contributed by atoms with E-state index in [0.717, 1.165) is 62.4 Å². The van der Waals surface area contributed by atoms with Crippen LogP contribution in [-0.4, -0.2) is 56.5 Å². The van der Waals surface area contributed by atoms with Gasteiger partial charge in [0.2, 0.25) is 0 Å². The van der Waals surface area contributed by atoms with Crippen LogP contribution in [0, 0.1) is 5.82 Å². The van der Waals surface area contributed by atoms with Gasteiger partial charge in [0.1, 0.15) is 5.82 Å². The number of nitrogens with zero attached hydrogens (tertiary/aromatic N) is 1. The molecule has 0 bridgehead atoms. The number of hydrogen-bond donors (Lipinski definition) is 3. The molecule has 2 aromatic rings. The number of rotatable bonds is 9. The van der Waals surface area contributed by atoms with Crippen LogP contribution in [-0.2, 0) is 15.9 Å². The smallest absolute Gasteiger partial charge is 0.191 e. The fraction of sp³-hybridized carbons (Fsp3) is 0.550. The summed E-state index contributed by atoms with van der Waals surface area (Å²) in [5.74, 6) is 0.590. The van der Waals surface area contributed by atoms with Crippen molar-refractivity contribution in [3.05, 3.63) is 35.8 Å². The maximum Gasteiger partial charge on any atom is 0.191 e. The lowest BCUT2D eigenvalue weighted by molar-refractivity contribution is 0.0424. The van der Waals surface area contributed by atoms with Crippen LogP contribution >= 0.6 is 0 Å². The first-order valence-electron chi connectivity index (χ1n) is 9.73. The minimum atomic E-state index is -0.222. The van der Waals surface area contributed by atoms with Crippen LogP contribution in [0.1, 0.15) is 25.3 Å². The first-order chi connectivity index (χ1) is 13.3. The van der Waals surface area contributed by atoms with Gasteiger partial charge in [-0.3, -0.25) is 4.99 Å². The van der Waals surface area contributed by atoms with Crippen LogP contribution in [0.15, 0.2) is 29.4 Å². The molecule has 7 heteroatoms. The van der Waals surface area contributed by atoms with Gasteiger partial charge in [0.25, 0.3) is 0 Å². The molecular weight excluding hydrogens is 347 g/mol. The Morgan fingerprint density at radius 1 is 1.41 bits per heavy atom. The molecule has 2 heterocycles. The fourth-order valence-corrected chi connectivity index (χ4v) is 3.17. The molecule has 27 heavy (non-hydrogen) atoms. The van der Waals surface area contributed by atoms with Gasteiger partial charge in [0.15, 0.2) is 5.96 Å². The van der Waals surface area contributed by atoms with Crippen LogP contribution in [0.3, 0.4) is 0 Å². The van der Waals surface area contributed by atoms with E-state index in [0.29, 0.717) is 13.2 Å². The molecule has 6 nitrogen and oxygen atoms in total. The molecule has 0 radical (unpaired) electrons. The van der Waals surface area contributed by atoms with E-state index in [4.69, 9.17) is 9.47 Å². The Balaban J connectivity index is 1.41. The molecular formula is C20H29FN4O2. The second-order valence-corrected chi connectivity index (χ2v) is 6.65. The quantitative estimate of drug-likeness (QED) is 0.357. The summed E-state index contributed by atoms with van der Waals surface area (Å²) in [5.41, 5.74) is 2.00. The summed E-state index contributed by atoms with van der Waals surface area (Å²) in [6, 6.07) is 4.85. The van der Waals surface area contributed by atoms with Crippen molar-refractivity contribution in [3.8, 4) is 0 Å². The van der Waals surface area contributed by atoms with Crippen molar-refractivity contribution in [3.63, 3.8) is 0 Å². The van der Waals surface area contributed by atoms with E-state index >= 15 is 0 Å². The molecule has 1 aromatic carbocycles. The molecule has 1 fully saturated rings. The molecule has 1 atom stereocenters. The zero-order valence-corrected chi connectivity index (χ0v) is 15.9. The standard InChI is InChI=1S/C20H29FN4O2/c1-2-22-20(23-8-3-10-27-17-7-11-26-14-17)24-9-6-15-13-25-19-12-16(21)4-5-18(15)19/h4-5,12-13,17,25H,2-3,6-11,14H2,1H3,(H2,22,23,24). The maximum absolute atomic E-state index is 13.3. The summed E-state index contributed by atoms with van der Waals surface area (Å²) in [4.78, 5) is 7.72. The molecule has 148 valence electrons. The Bertz CT molecular complexity index is 741. The van der Waals surface area contributed by atoms with E-state index in [1.807, 2.05) is 12.3 Å². The van der Waals surface area contributed by atoms with Crippen LogP contribution in [0.25, 0.3) is 10.9 Å². The number of aliphatic imine (C=N–C) groups is 1. The van der Waals surface area contributed by atoms with Gasteiger partial charge in [0.05, 0.1) is 12.7 Å². The van der Waals surface area contributed by atoms with E-state index in [2.05, 4.69) is 27.5 Å². The van der Waals surface area contributed by atoms with E-state index in [-0.39, 0.29) is 11.9 Å². The van der Waals surface area contributed by atoms with E-state index in [1.54, 1.807) is 0 Å². The number of guanidine groups is 1. The number of aromatic amines is 1. The lowest BCUT2D eigenvalue weighted by Gasteiger charge is -2.12. The number of nitrogens with one attached hydrogen (secondary N) is 3. The highest BCUT2D eigenvalue weighted by atomic mass is 19.1. The van der Waals surface area contributed by atoms with E-state index < -0.39 is 0 Å². The Morgan fingerprint density at radius 2 is 2.33 bits per heavy atom. The van der Waals surface area contributed by atoms with Gasteiger partial charge in [-0.05, 0) is 49.9 Å². The van der Waals surface area contributed by atoms with Gasteiger partial charge in [-0.25, -0.2) is 4.39 Å². The van der Waals surface area contributed by atoms with Crippen molar-refractivity contribution >= 4 is 16.9 Å². The van der Waals surface area contributed by atoms with Gasteiger partial charge in [-0.15, -0.1) is 0 Å². The molecule has 0 saturated carbocycles. The lowest BCUT2D eigenvalue weighted by Crippen LogP contribution is -2.38. The number of fused-ring (bicyclic) bond motifs is 1. The highest BCUT2D eigenvalue weighted by molar-refractivity contribution is 5.83. The van der Waals surface area contributed by atoms with Gasteiger partial charge < -0.3 is 25.1 Å². The summed E-state index contributed by atoms with van der Waals surface area (Å²) in [5, 5.41) is 7.68. The predicted octanol–water partition coefficient (Wildman–Crippen LogP) is 2.60. The topological polar surface area (TPSA) is 70.7 Å². The van der Waals surface area contributed by atoms with Gasteiger partial charge in [0, 0.05) is 49.9 Å². The minimum Gasteiger partial charge on any atom is -0.379 e. The molecule has 1 aliphatic rings. The Labute approximate surface area is 159 Å². The van der Waals surface area contributed by atoms with Crippen LogP contribution in [0.4, 0.5) is 4.39 Å². The average Bonchev–Trinajstić information content (AvgIpc) is 3.31. The predicted molar refractivity (Wildman–Crippen MR) is 106 cm³/mol. The maximum atomic E-state index is 13.3. The number of halogens is 1. The zero-order chi connectivity index (χ0) is 18.9. The molecule has 1 aliphatic heterocycles. The highest BCUT2D eigenvalue weighted by Gasteiger charge is 2.15. The summed E-state index contributed by atoms with van der Waals surface area (Å²) in [6.07, 6.45) is 4.92. The van der Waals surface area contributed by atoms with Crippen molar-refractivity contribution in [2.24, 2.45) is 4.99 Å². The van der Waals surface area contributed by atoms with E-state index in [9.17, 15) is 4.39 Å². The zero-order valence-electron chi connectivity index (χ0n) is 15.9. The first kappa shape index (κ1) is 19.6. The Kier molecular flexibility index (Phi) is 7.47. The Hall–Kier alpha value is -2.12. The third-order valence-corrected chi connectivity index (χ3v) is 4.57. The summed E-state index contributed by atoms with van der Waals surface area (Å²) >= 11 is 0. The third kappa shape index (κ3) is 5.94. The van der Waals surface area contributed by atoms with Crippen molar-refractivity contribution < 1.29 is 13.9 Å². The second kappa shape index (κ2) is 10.3. The molecule has 1 saturated heterocycles. The molecule has 3 rings (SSSR count). The van der Waals surface area contributed by atoms with Crippen molar-refractivity contribution in [2.75, 3.05) is 39.5 Å². The summed E-state index contributed by atoms with van der Waals surface area (Å²) < 4.78 is 24.3. The molecule has 0 aliphatic carbocycles. The molecule has 1 unspecified atom stereocenters. The lowest BCUT2D eigenvalue weighted by atomic mass is 10.1. The Morgan fingerprint density at radius 3 is 3.15 bits per heavy atom. The SMILES string of the molecule is CCNC(=NCCCOC1CCOC1)NCCc1c[nH]c2cc(F)ccc12. The number of benzene rings is 1. The average molecular weight is 376 g/mol. The van der Waals surface area contributed by atoms with Gasteiger partial charge >= 0.3 is 0 Å². The molecule has 0 spiro atoms. The molecule has 1 aromatic heterocycles. The highest BCUT2D eigenvalue weighted by Crippen LogP contribution is 2.19. The van der Waals surface area contributed by atoms with Crippen molar-refractivity contribution in [2.45, 2.75) is 32.3 Å². The number of aromatic nitrogens is 1.